The highest BCUT2D eigenvalue weighted by Crippen LogP contribution is 2.34. The molecule has 3 rings (SSSR count). The van der Waals surface area contributed by atoms with E-state index >= 15 is 0 Å². The first-order chi connectivity index (χ1) is 10.1. The van der Waals surface area contributed by atoms with Crippen molar-refractivity contribution in [2.45, 2.75) is 32.7 Å². The van der Waals surface area contributed by atoms with Crippen LogP contribution in [-0.2, 0) is 13.0 Å². The quantitative estimate of drug-likeness (QED) is 0.880. The van der Waals surface area contributed by atoms with Crippen molar-refractivity contribution in [2.75, 3.05) is 12.3 Å². The van der Waals surface area contributed by atoms with Crippen molar-refractivity contribution >= 4 is 5.82 Å². The van der Waals surface area contributed by atoms with Crippen molar-refractivity contribution < 1.29 is 4.74 Å². The molecule has 1 aromatic heterocycles. The first-order valence-corrected chi connectivity index (χ1v) is 7.17. The minimum Gasteiger partial charge on any atom is -0.493 e. The summed E-state index contributed by atoms with van der Waals surface area (Å²) in [4.78, 5) is 4.73. The molecule has 0 saturated carbocycles. The summed E-state index contributed by atoms with van der Waals surface area (Å²) in [6, 6.07) is 6.12. The van der Waals surface area contributed by atoms with Crippen LogP contribution in [0.1, 0.15) is 31.2 Å². The molecular weight excluding hydrogens is 262 g/mol. The lowest BCUT2D eigenvalue weighted by Crippen LogP contribution is -2.07. The van der Waals surface area contributed by atoms with Gasteiger partial charge >= 0.3 is 0 Å². The highest BCUT2D eigenvalue weighted by molar-refractivity contribution is 5.73. The predicted molar refractivity (Wildman–Crippen MR) is 84.2 cm³/mol. The van der Waals surface area contributed by atoms with Gasteiger partial charge in [0.1, 0.15) is 23.1 Å². The van der Waals surface area contributed by atoms with Gasteiger partial charge < -0.3 is 15.0 Å². The van der Waals surface area contributed by atoms with E-state index in [0.29, 0.717) is 12.4 Å². The summed E-state index contributed by atoms with van der Waals surface area (Å²) in [7, 11) is 0. The molecule has 4 heteroatoms. The number of nitrogens with two attached hydrogens (primary N) is 1. The monoisotopic (exact) mass is 281 g/mol. The number of nitrogens with zero attached hydrogens (tertiary/aromatic N) is 2. The Morgan fingerprint density at radius 2 is 2.29 bits per heavy atom. The summed E-state index contributed by atoms with van der Waals surface area (Å²) in [6.07, 6.45) is 6.39. The maximum atomic E-state index is 6.28. The predicted octanol–water partition coefficient (Wildman–Crippen LogP) is 2.82. The zero-order valence-corrected chi connectivity index (χ0v) is 12.4. The number of benzene rings is 1. The van der Waals surface area contributed by atoms with Crippen LogP contribution in [0.5, 0.6) is 5.75 Å². The Labute approximate surface area is 124 Å². The summed E-state index contributed by atoms with van der Waals surface area (Å²) >= 11 is 0. The molecule has 1 aliphatic heterocycles. The molecule has 2 N–H and O–H groups in total. The number of hydrogen-bond donors (Lipinski definition) is 1. The molecule has 4 nitrogen and oxygen atoms in total. The third kappa shape index (κ3) is 2.25. The molecule has 0 amide bonds. The highest BCUT2D eigenvalue weighted by atomic mass is 16.5. The molecule has 0 saturated heterocycles. The molecule has 0 atom stereocenters. The van der Waals surface area contributed by atoms with E-state index in [1.165, 1.54) is 5.56 Å². The normalized spacial score (nSPS) is 13.0. The van der Waals surface area contributed by atoms with Crippen molar-refractivity contribution in [2.24, 2.45) is 0 Å². The van der Waals surface area contributed by atoms with E-state index < -0.39 is 0 Å². The molecule has 0 unspecified atom stereocenters. The standard InChI is InChI=1S/C17H19N3O/c1-4-8-20-16(18)15(19-17(20)11(2)3)13-5-6-14-12(10-13)7-9-21-14/h1,5-6,10-11H,7-9,18H2,2-3H3. The van der Waals surface area contributed by atoms with Crippen LogP contribution in [0.4, 0.5) is 5.82 Å². The first-order valence-electron chi connectivity index (χ1n) is 7.17. The zero-order valence-electron chi connectivity index (χ0n) is 12.4. The fraction of sp³-hybridized carbons (Fsp3) is 0.353. The van der Waals surface area contributed by atoms with Gasteiger partial charge in [0.15, 0.2) is 0 Å². The maximum absolute atomic E-state index is 6.28. The number of nitrogen functional groups attached to an aromatic ring is 1. The second kappa shape index (κ2) is 5.17. The van der Waals surface area contributed by atoms with Crippen molar-refractivity contribution in [3.8, 4) is 29.4 Å². The summed E-state index contributed by atoms with van der Waals surface area (Å²) < 4.78 is 7.46. The van der Waals surface area contributed by atoms with E-state index in [4.69, 9.17) is 21.9 Å². The third-order valence-corrected chi connectivity index (χ3v) is 3.77. The van der Waals surface area contributed by atoms with Crippen LogP contribution >= 0.6 is 0 Å². The van der Waals surface area contributed by atoms with E-state index in [1.54, 1.807) is 0 Å². The van der Waals surface area contributed by atoms with Crippen molar-refractivity contribution in [1.29, 1.82) is 0 Å². The van der Waals surface area contributed by atoms with E-state index in [2.05, 4.69) is 25.8 Å². The molecule has 1 aliphatic rings. The lowest BCUT2D eigenvalue weighted by atomic mass is 10.1. The van der Waals surface area contributed by atoms with Crippen molar-refractivity contribution in [1.82, 2.24) is 9.55 Å². The Morgan fingerprint density at radius 3 is 3.00 bits per heavy atom. The molecule has 0 aliphatic carbocycles. The van der Waals surface area contributed by atoms with Crippen LogP contribution in [0.15, 0.2) is 18.2 Å². The second-order valence-corrected chi connectivity index (χ2v) is 5.57. The molecule has 1 aromatic carbocycles. The number of aromatic nitrogens is 2. The van der Waals surface area contributed by atoms with E-state index in [1.807, 2.05) is 16.7 Å². The number of fused-ring (bicyclic) bond motifs is 1. The van der Waals surface area contributed by atoms with Gasteiger partial charge in [-0.1, -0.05) is 19.8 Å². The van der Waals surface area contributed by atoms with Gasteiger partial charge in [-0.3, -0.25) is 0 Å². The molecule has 2 heterocycles. The maximum Gasteiger partial charge on any atom is 0.132 e. The van der Waals surface area contributed by atoms with Crippen LogP contribution in [0, 0.1) is 12.3 Å². The lowest BCUT2D eigenvalue weighted by molar-refractivity contribution is 0.357. The molecule has 0 radical (unpaired) electrons. The van der Waals surface area contributed by atoms with Gasteiger partial charge in [-0.05, 0) is 23.8 Å². The van der Waals surface area contributed by atoms with Crippen molar-refractivity contribution in [3.63, 3.8) is 0 Å². The number of terminal acetylenes is 1. The van der Waals surface area contributed by atoms with Crippen LogP contribution in [0.25, 0.3) is 11.3 Å². The fourth-order valence-electron chi connectivity index (χ4n) is 2.73. The Kier molecular flexibility index (Phi) is 3.34. The molecular formula is C17H19N3O. The second-order valence-electron chi connectivity index (χ2n) is 5.57. The highest BCUT2D eigenvalue weighted by Gasteiger charge is 2.20. The van der Waals surface area contributed by atoms with Crippen LogP contribution in [-0.4, -0.2) is 16.2 Å². The number of rotatable bonds is 3. The Bertz CT molecular complexity index is 722. The number of anilines is 1. The van der Waals surface area contributed by atoms with Gasteiger partial charge in [0.25, 0.3) is 0 Å². The Hall–Kier alpha value is -2.41. The van der Waals surface area contributed by atoms with Gasteiger partial charge in [-0.2, -0.15) is 0 Å². The minimum atomic E-state index is 0.271. The zero-order chi connectivity index (χ0) is 15.0. The smallest absolute Gasteiger partial charge is 0.132 e. The van der Waals surface area contributed by atoms with E-state index in [-0.39, 0.29) is 5.92 Å². The summed E-state index contributed by atoms with van der Waals surface area (Å²) in [5.41, 5.74) is 9.32. The molecule has 0 spiro atoms. The third-order valence-electron chi connectivity index (χ3n) is 3.77. The van der Waals surface area contributed by atoms with E-state index in [9.17, 15) is 0 Å². The number of imidazole rings is 1. The number of hydrogen-bond acceptors (Lipinski definition) is 3. The molecule has 21 heavy (non-hydrogen) atoms. The Balaban J connectivity index is 2.10. The van der Waals surface area contributed by atoms with Crippen LogP contribution in [0.2, 0.25) is 0 Å². The molecule has 0 fully saturated rings. The molecule has 108 valence electrons. The topological polar surface area (TPSA) is 53.1 Å². The van der Waals surface area contributed by atoms with Crippen LogP contribution in [0.3, 0.4) is 0 Å². The number of ether oxygens (including phenoxy) is 1. The van der Waals surface area contributed by atoms with Gasteiger partial charge in [0, 0.05) is 17.9 Å². The summed E-state index contributed by atoms with van der Waals surface area (Å²) in [5, 5.41) is 0. The minimum absolute atomic E-state index is 0.271. The average Bonchev–Trinajstić information content (AvgIpc) is 3.04. The van der Waals surface area contributed by atoms with Gasteiger partial charge in [-0.15, -0.1) is 6.42 Å². The molecule has 2 aromatic rings. The Morgan fingerprint density at radius 1 is 1.48 bits per heavy atom. The van der Waals surface area contributed by atoms with Crippen LogP contribution < -0.4 is 10.5 Å². The average molecular weight is 281 g/mol. The van der Waals surface area contributed by atoms with Gasteiger partial charge in [-0.25, -0.2) is 4.98 Å². The largest absolute Gasteiger partial charge is 0.493 e. The first kappa shape index (κ1) is 13.6. The SMILES string of the molecule is C#CCn1c(C(C)C)nc(-c2ccc3c(c2)CCO3)c1N. The lowest BCUT2D eigenvalue weighted by Gasteiger charge is -2.08. The fourth-order valence-corrected chi connectivity index (χ4v) is 2.73. The van der Waals surface area contributed by atoms with Gasteiger partial charge in [0.05, 0.1) is 13.2 Å². The van der Waals surface area contributed by atoms with E-state index in [0.717, 1.165) is 35.9 Å². The summed E-state index contributed by atoms with van der Waals surface area (Å²) in [6.45, 7) is 5.38. The van der Waals surface area contributed by atoms with Gasteiger partial charge in [0.2, 0.25) is 0 Å². The summed E-state index contributed by atoms with van der Waals surface area (Å²) in [5.74, 6) is 5.45. The molecule has 0 bridgehead atoms. The van der Waals surface area contributed by atoms with Crippen molar-refractivity contribution in [3.05, 3.63) is 29.6 Å².